The molecule has 2 aromatic carbocycles. The van der Waals surface area contributed by atoms with Gasteiger partial charge in [0, 0.05) is 43.3 Å². The molecule has 0 atom stereocenters. The second-order valence-electron chi connectivity index (χ2n) is 8.30. The molecule has 3 aromatic rings. The lowest BCUT2D eigenvalue weighted by Gasteiger charge is -2.31. The first-order valence-corrected chi connectivity index (χ1v) is 12.5. The van der Waals surface area contributed by atoms with E-state index >= 15 is 0 Å². The van der Waals surface area contributed by atoms with Gasteiger partial charge in [0.15, 0.2) is 0 Å². The van der Waals surface area contributed by atoms with Crippen molar-refractivity contribution >= 4 is 17.2 Å². The molecule has 0 bridgehead atoms. The number of hydrogen-bond donors (Lipinski definition) is 1. The molecule has 0 spiro atoms. The van der Waals surface area contributed by atoms with E-state index in [0.717, 1.165) is 49.6 Å². The predicted molar refractivity (Wildman–Crippen MR) is 132 cm³/mol. The highest BCUT2D eigenvalue weighted by Crippen LogP contribution is 2.17. The van der Waals surface area contributed by atoms with Crippen LogP contribution in [0.3, 0.4) is 0 Å². The molecule has 1 saturated heterocycles. The highest BCUT2D eigenvalue weighted by molar-refractivity contribution is 7.07. The largest absolute Gasteiger partial charge is 0.492 e. The summed E-state index contributed by atoms with van der Waals surface area (Å²) >= 11 is 1.53. The van der Waals surface area contributed by atoms with E-state index in [9.17, 15) is 4.79 Å². The van der Waals surface area contributed by atoms with Crippen LogP contribution in [0.15, 0.2) is 59.4 Å². The lowest BCUT2D eigenvalue weighted by molar-refractivity contribution is 0.0392. The van der Waals surface area contributed by atoms with Crippen molar-refractivity contribution in [2.45, 2.75) is 32.0 Å². The molecule has 1 fully saturated rings. The van der Waals surface area contributed by atoms with Gasteiger partial charge in [0.2, 0.25) is 0 Å². The smallest absolute Gasteiger partial charge is 0.251 e. The van der Waals surface area contributed by atoms with Crippen LogP contribution in [-0.4, -0.2) is 55.2 Å². The van der Waals surface area contributed by atoms with E-state index in [2.05, 4.69) is 22.2 Å². The van der Waals surface area contributed by atoms with Gasteiger partial charge in [-0.05, 0) is 55.8 Å². The second-order valence-corrected chi connectivity index (χ2v) is 9.02. The second kappa shape index (κ2) is 12.5. The number of amides is 1. The zero-order chi connectivity index (χ0) is 23.6. The van der Waals surface area contributed by atoms with Gasteiger partial charge in [-0.3, -0.25) is 9.69 Å². The zero-order valence-corrected chi connectivity index (χ0v) is 20.3. The molecule has 4 rings (SSSR count). The van der Waals surface area contributed by atoms with Crippen molar-refractivity contribution in [3.05, 3.63) is 76.2 Å². The third-order valence-corrected chi connectivity index (χ3v) is 6.48. The topological polar surface area (TPSA) is 72.9 Å². The van der Waals surface area contributed by atoms with Crippen LogP contribution in [0.5, 0.6) is 11.5 Å². The summed E-state index contributed by atoms with van der Waals surface area (Å²) < 4.78 is 17.2. The zero-order valence-electron chi connectivity index (χ0n) is 19.4. The Morgan fingerprint density at radius 3 is 2.74 bits per heavy atom. The Balaban J connectivity index is 1.23. The number of nitrogens with one attached hydrogen (secondary N) is 1. The third kappa shape index (κ3) is 7.28. The number of hydrogen-bond acceptors (Lipinski definition) is 7. The standard InChI is InChI=1S/C26H31N3O4S/c1-29(23-8-11-31-12-9-23)10-13-32-24-6-2-4-20(14-24)16-27-26(30)21-5-3-7-25(15-21)33-17-22-18-34-19-28-22/h2-7,14-15,18-19,23H,8-13,16-17H2,1H3,(H,27,30). The molecule has 0 aliphatic carbocycles. The number of thiazole rings is 1. The van der Waals surface area contributed by atoms with E-state index in [1.165, 1.54) is 11.3 Å². The first kappa shape index (κ1) is 24.2. The molecule has 7 nitrogen and oxygen atoms in total. The van der Waals surface area contributed by atoms with Gasteiger partial charge in [-0.1, -0.05) is 18.2 Å². The quantitative estimate of drug-likeness (QED) is 0.444. The highest BCUT2D eigenvalue weighted by Gasteiger charge is 2.18. The molecule has 1 aliphatic rings. The Kier molecular flexibility index (Phi) is 8.90. The van der Waals surface area contributed by atoms with Gasteiger partial charge >= 0.3 is 0 Å². The maximum atomic E-state index is 12.7. The van der Waals surface area contributed by atoms with Gasteiger partial charge in [-0.15, -0.1) is 11.3 Å². The van der Waals surface area contributed by atoms with Crippen LogP contribution >= 0.6 is 11.3 Å². The summed E-state index contributed by atoms with van der Waals surface area (Å²) in [6, 6.07) is 15.6. The van der Waals surface area contributed by atoms with Crippen molar-refractivity contribution in [1.82, 2.24) is 15.2 Å². The fraction of sp³-hybridized carbons (Fsp3) is 0.385. The van der Waals surface area contributed by atoms with Gasteiger partial charge in [-0.2, -0.15) is 0 Å². The van der Waals surface area contributed by atoms with Crippen LogP contribution in [0.2, 0.25) is 0 Å². The van der Waals surface area contributed by atoms with Gasteiger partial charge in [0.25, 0.3) is 5.91 Å². The van der Waals surface area contributed by atoms with Gasteiger partial charge in [0.1, 0.15) is 24.7 Å². The molecule has 1 aromatic heterocycles. The minimum atomic E-state index is -0.150. The minimum Gasteiger partial charge on any atom is -0.492 e. The molecule has 0 unspecified atom stereocenters. The van der Waals surface area contributed by atoms with E-state index < -0.39 is 0 Å². The maximum absolute atomic E-state index is 12.7. The van der Waals surface area contributed by atoms with E-state index in [4.69, 9.17) is 14.2 Å². The van der Waals surface area contributed by atoms with E-state index in [0.29, 0.717) is 37.1 Å². The fourth-order valence-corrected chi connectivity index (χ4v) is 4.38. The lowest BCUT2D eigenvalue weighted by atomic mass is 10.1. The number of carbonyl (C=O) groups excluding carboxylic acids is 1. The molecular formula is C26H31N3O4S. The Morgan fingerprint density at radius 2 is 1.94 bits per heavy atom. The summed E-state index contributed by atoms with van der Waals surface area (Å²) in [7, 11) is 2.14. The summed E-state index contributed by atoms with van der Waals surface area (Å²) in [5.74, 6) is 1.30. The number of ether oxygens (including phenoxy) is 3. The van der Waals surface area contributed by atoms with Crippen LogP contribution in [0, 0.1) is 0 Å². The first-order valence-electron chi connectivity index (χ1n) is 11.6. The predicted octanol–water partition coefficient (Wildman–Crippen LogP) is 4.14. The molecule has 0 saturated carbocycles. The molecule has 0 radical (unpaired) electrons. The summed E-state index contributed by atoms with van der Waals surface area (Å²) in [5, 5.41) is 4.92. The highest BCUT2D eigenvalue weighted by atomic mass is 32.1. The van der Waals surface area contributed by atoms with Crippen molar-refractivity contribution < 1.29 is 19.0 Å². The van der Waals surface area contributed by atoms with Crippen LogP contribution in [0.1, 0.15) is 34.5 Å². The number of rotatable bonds is 11. The van der Waals surface area contributed by atoms with E-state index in [1.54, 1.807) is 17.6 Å². The van der Waals surface area contributed by atoms with Crippen molar-refractivity contribution in [3.63, 3.8) is 0 Å². The third-order valence-electron chi connectivity index (χ3n) is 5.84. The van der Waals surface area contributed by atoms with Crippen molar-refractivity contribution in [2.75, 3.05) is 33.4 Å². The molecule has 1 N–H and O–H groups in total. The van der Waals surface area contributed by atoms with E-state index in [1.807, 2.05) is 41.8 Å². The fourth-order valence-electron chi connectivity index (χ4n) is 3.84. The van der Waals surface area contributed by atoms with Crippen LogP contribution in [-0.2, 0) is 17.9 Å². The number of benzene rings is 2. The Labute approximate surface area is 204 Å². The van der Waals surface area contributed by atoms with E-state index in [-0.39, 0.29) is 5.91 Å². The number of carbonyl (C=O) groups is 1. The normalized spacial score (nSPS) is 14.2. The average molecular weight is 482 g/mol. The number of likely N-dealkylation sites (N-methyl/N-ethyl adjacent to an activating group) is 1. The first-order chi connectivity index (χ1) is 16.7. The SMILES string of the molecule is CN(CCOc1cccc(CNC(=O)c2cccc(OCc3cscn3)c2)c1)C1CCOCC1. The number of nitrogens with zero attached hydrogens (tertiary/aromatic N) is 2. The van der Waals surface area contributed by atoms with Gasteiger partial charge < -0.3 is 19.5 Å². The summed E-state index contributed by atoms with van der Waals surface area (Å²) in [6.45, 7) is 3.97. The Hall–Kier alpha value is -2.94. The van der Waals surface area contributed by atoms with Crippen molar-refractivity contribution in [1.29, 1.82) is 0 Å². The van der Waals surface area contributed by atoms with Gasteiger partial charge in [-0.25, -0.2) is 4.98 Å². The Bertz CT molecular complexity index is 1040. The monoisotopic (exact) mass is 481 g/mol. The van der Waals surface area contributed by atoms with Crippen LogP contribution < -0.4 is 14.8 Å². The molecule has 34 heavy (non-hydrogen) atoms. The Morgan fingerprint density at radius 1 is 1.15 bits per heavy atom. The molecular weight excluding hydrogens is 450 g/mol. The lowest BCUT2D eigenvalue weighted by Crippen LogP contribution is -2.38. The molecule has 1 amide bonds. The molecule has 1 aliphatic heterocycles. The maximum Gasteiger partial charge on any atom is 0.251 e. The summed E-state index contributed by atoms with van der Waals surface area (Å²) in [6.07, 6.45) is 2.15. The minimum absolute atomic E-state index is 0.150. The molecule has 8 heteroatoms. The van der Waals surface area contributed by atoms with Crippen LogP contribution in [0.25, 0.3) is 0 Å². The number of aromatic nitrogens is 1. The molecule has 2 heterocycles. The summed E-state index contributed by atoms with van der Waals surface area (Å²) in [5.41, 5.74) is 4.19. The average Bonchev–Trinajstić information content (AvgIpc) is 3.41. The van der Waals surface area contributed by atoms with Crippen LogP contribution in [0.4, 0.5) is 0 Å². The van der Waals surface area contributed by atoms with Crippen molar-refractivity contribution in [2.24, 2.45) is 0 Å². The van der Waals surface area contributed by atoms with Gasteiger partial charge in [0.05, 0.1) is 11.2 Å². The summed E-state index contributed by atoms with van der Waals surface area (Å²) in [4.78, 5) is 19.2. The van der Waals surface area contributed by atoms with Crippen molar-refractivity contribution in [3.8, 4) is 11.5 Å². The molecule has 180 valence electrons.